The highest BCUT2D eigenvalue weighted by Crippen LogP contribution is 2.41. The van der Waals surface area contributed by atoms with Crippen molar-refractivity contribution < 1.29 is 19.2 Å². The molecule has 136 valence electrons. The van der Waals surface area contributed by atoms with E-state index in [9.17, 15) is 9.59 Å². The van der Waals surface area contributed by atoms with Gasteiger partial charge < -0.3 is 4.74 Å². The minimum absolute atomic E-state index is 0.0577. The first kappa shape index (κ1) is 17.1. The summed E-state index contributed by atoms with van der Waals surface area (Å²) < 4.78 is 7.18. The average molecular weight is 362 g/mol. The van der Waals surface area contributed by atoms with Crippen molar-refractivity contribution in [3.05, 3.63) is 71.9 Å². The summed E-state index contributed by atoms with van der Waals surface area (Å²) in [4.78, 5) is 29.4. The molecule has 0 spiro atoms. The van der Waals surface area contributed by atoms with Crippen molar-refractivity contribution in [2.45, 2.75) is 19.1 Å². The second-order valence-corrected chi connectivity index (χ2v) is 6.26. The predicted molar refractivity (Wildman–Crippen MR) is 99.8 cm³/mol. The Morgan fingerprint density at radius 3 is 2.59 bits per heavy atom. The molecule has 4 rings (SSSR count). The van der Waals surface area contributed by atoms with E-state index in [1.54, 1.807) is 4.57 Å². The number of fused-ring (bicyclic) bond motifs is 3. The van der Waals surface area contributed by atoms with E-state index in [0.29, 0.717) is 0 Å². The Morgan fingerprint density at radius 2 is 1.85 bits per heavy atom. The molecule has 0 fully saturated rings. The first-order valence-corrected chi connectivity index (χ1v) is 8.61. The van der Waals surface area contributed by atoms with E-state index in [1.165, 1.54) is 12.2 Å². The lowest BCUT2D eigenvalue weighted by atomic mass is 10.1. The fourth-order valence-electron chi connectivity index (χ4n) is 3.47. The molecule has 3 aromatic rings. The lowest BCUT2D eigenvalue weighted by molar-refractivity contribution is -0.152. The van der Waals surface area contributed by atoms with Crippen LogP contribution in [-0.2, 0) is 25.8 Å². The maximum Gasteiger partial charge on any atom is 0.308 e. The van der Waals surface area contributed by atoms with Crippen LogP contribution in [0.5, 0.6) is 0 Å². The Balaban J connectivity index is 1.60. The molecule has 2 aromatic carbocycles. The summed E-state index contributed by atoms with van der Waals surface area (Å²) in [6.07, 6.45) is 0.0577. The van der Waals surface area contributed by atoms with Crippen molar-refractivity contribution >= 4 is 28.6 Å². The zero-order valence-electron chi connectivity index (χ0n) is 14.8. The van der Waals surface area contributed by atoms with Crippen LogP contribution in [0, 0.1) is 0 Å². The topological polar surface area (TPSA) is 60.8 Å². The molecule has 0 bridgehead atoms. The number of nitrogens with zero attached hydrogens (tertiary/aromatic N) is 2. The molecule has 1 aliphatic heterocycles. The highest BCUT2D eigenvalue weighted by Gasteiger charge is 2.38. The summed E-state index contributed by atoms with van der Waals surface area (Å²) in [5.41, 5.74) is 2.59. The number of ether oxygens (including phenoxy) is 1. The molecule has 0 saturated carbocycles. The molecule has 0 saturated heterocycles. The van der Waals surface area contributed by atoms with Crippen LogP contribution >= 0.6 is 0 Å². The Bertz CT molecular complexity index is 1030. The van der Waals surface area contributed by atoms with Gasteiger partial charge in [0.2, 0.25) is 5.82 Å². The highest BCUT2D eigenvalue weighted by molar-refractivity contribution is 5.91. The maximum atomic E-state index is 12.4. The molecule has 2 heterocycles. The van der Waals surface area contributed by atoms with E-state index in [1.807, 2.05) is 66.6 Å². The van der Waals surface area contributed by atoms with Crippen LogP contribution < -0.4 is 0 Å². The number of rotatable bonds is 5. The summed E-state index contributed by atoms with van der Waals surface area (Å²) in [5, 5.41) is 2.40. The number of hydroxylamine groups is 2. The molecule has 0 radical (unpaired) electrons. The van der Waals surface area contributed by atoms with Gasteiger partial charge in [0.1, 0.15) is 12.6 Å². The molecule has 27 heavy (non-hydrogen) atoms. The van der Waals surface area contributed by atoms with Gasteiger partial charge in [0.25, 0.3) is 0 Å². The van der Waals surface area contributed by atoms with E-state index in [4.69, 9.17) is 9.57 Å². The molecular formula is C21H18N2O4. The molecule has 1 aromatic heterocycles. The van der Waals surface area contributed by atoms with Crippen LogP contribution in [0.15, 0.2) is 60.7 Å². The number of para-hydroxylation sites is 1. The Morgan fingerprint density at radius 1 is 1.11 bits per heavy atom. The van der Waals surface area contributed by atoms with Gasteiger partial charge in [0.05, 0.1) is 24.7 Å². The Kier molecular flexibility index (Phi) is 4.50. The lowest BCUT2D eigenvalue weighted by Crippen LogP contribution is -2.24. The highest BCUT2D eigenvalue weighted by atomic mass is 16.7. The monoisotopic (exact) mass is 362 g/mol. The SMILES string of the molecule is CON1C(=C=O)n2c(cc3ccccc32)C1CC(=O)OCc1ccccc1. The van der Waals surface area contributed by atoms with E-state index in [0.717, 1.165) is 22.2 Å². The van der Waals surface area contributed by atoms with Crippen LogP contribution in [0.25, 0.3) is 16.7 Å². The van der Waals surface area contributed by atoms with E-state index >= 15 is 0 Å². The van der Waals surface area contributed by atoms with Gasteiger partial charge in [-0.15, -0.1) is 0 Å². The molecule has 1 aliphatic rings. The van der Waals surface area contributed by atoms with Gasteiger partial charge >= 0.3 is 5.97 Å². The predicted octanol–water partition coefficient (Wildman–Crippen LogP) is 3.32. The molecular weight excluding hydrogens is 344 g/mol. The largest absolute Gasteiger partial charge is 0.461 e. The normalized spacial score (nSPS) is 15.7. The first-order valence-electron chi connectivity index (χ1n) is 8.61. The maximum absolute atomic E-state index is 12.4. The average Bonchev–Trinajstić information content (AvgIpc) is 3.21. The van der Waals surface area contributed by atoms with Gasteiger partial charge in [-0.1, -0.05) is 48.5 Å². The molecule has 6 nitrogen and oxygen atoms in total. The zero-order chi connectivity index (χ0) is 18.8. The molecule has 1 atom stereocenters. The fraction of sp³-hybridized carbons (Fsp3) is 0.190. The van der Waals surface area contributed by atoms with Gasteiger partial charge in [-0.2, -0.15) is 0 Å². The summed E-state index contributed by atoms with van der Waals surface area (Å²) in [6, 6.07) is 18.7. The number of aromatic nitrogens is 1. The first-order chi connectivity index (χ1) is 13.2. The smallest absolute Gasteiger partial charge is 0.308 e. The second kappa shape index (κ2) is 7.11. The standard InChI is InChI=1S/C21H18N2O4/c1-26-23-19(12-21(25)27-14-15-7-3-2-4-8-15)18-11-16-9-5-6-10-17(16)22(18)20(23)13-24/h2-11,19H,12,14H2,1H3. The van der Waals surface area contributed by atoms with Crippen molar-refractivity contribution in [1.82, 2.24) is 9.63 Å². The third-order valence-electron chi connectivity index (χ3n) is 4.67. The Labute approximate surface area is 156 Å². The van der Waals surface area contributed by atoms with Gasteiger partial charge in [-0.05, 0) is 17.7 Å². The zero-order valence-corrected chi connectivity index (χ0v) is 14.8. The van der Waals surface area contributed by atoms with Gasteiger partial charge in [0.15, 0.2) is 5.94 Å². The van der Waals surface area contributed by atoms with E-state index < -0.39 is 6.04 Å². The van der Waals surface area contributed by atoms with E-state index in [2.05, 4.69) is 0 Å². The van der Waals surface area contributed by atoms with Crippen molar-refractivity contribution in [1.29, 1.82) is 0 Å². The van der Waals surface area contributed by atoms with Crippen molar-refractivity contribution in [3.8, 4) is 0 Å². The number of esters is 1. The molecule has 1 unspecified atom stereocenters. The third-order valence-corrected chi connectivity index (χ3v) is 4.67. The van der Waals surface area contributed by atoms with Gasteiger partial charge in [-0.3, -0.25) is 14.2 Å². The van der Waals surface area contributed by atoms with Crippen LogP contribution in [0.2, 0.25) is 0 Å². The second-order valence-electron chi connectivity index (χ2n) is 6.26. The lowest BCUT2D eigenvalue weighted by Gasteiger charge is -2.22. The van der Waals surface area contributed by atoms with Crippen LogP contribution in [0.1, 0.15) is 23.7 Å². The number of carbonyl (C=O) groups excluding carboxylic acids is 2. The number of hydrogen-bond acceptors (Lipinski definition) is 5. The molecule has 0 amide bonds. The minimum atomic E-state index is -0.456. The fourth-order valence-corrected chi connectivity index (χ4v) is 3.47. The van der Waals surface area contributed by atoms with Crippen LogP contribution in [0.3, 0.4) is 0 Å². The third kappa shape index (κ3) is 3.01. The van der Waals surface area contributed by atoms with E-state index in [-0.39, 0.29) is 24.8 Å². The summed E-state index contributed by atoms with van der Waals surface area (Å²) in [5.74, 6) is 1.80. The van der Waals surface area contributed by atoms with Crippen molar-refractivity contribution in [2.24, 2.45) is 0 Å². The number of benzene rings is 2. The Hall–Kier alpha value is -3.34. The molecule has 0 aliphatic carbocycles. The van der Waals surface area contributed by atoms with Crippen LogP contribution in [0.4, 0.5) is 0 Å². The quantitative estimate of drug-likeness (QED) is 0.515. The minimum Gasteiger partial charge on any atom is -0.461 e. The van der Waals surface area contributed by atoms with Gasteiger partial charge in [-0.25, -0.2) is 9.86 Å². The summed E-state index contributed by atoms with van der Waals surface area (Å²) in [7, 11) is 1.47. The molecule has 6 heteroatoms. The van der Waals surface area contributed by atoms with Crippen molar-refractivity contribution in [3.63, 3.8) is 0 Å². The van der Waals surface area contributed by atoms with Gasteiger partial charge in [0, 0.05) is 5.39 Å². The van der Waals surface area contributed by atoms with Crippen LogP contribution in [-0.4, -0.2) is 28.7 Å². The summed E-state index contributed by atoms with van der Waals surface area (Å²) >= 11 is 0. The van der Waals surface area contributed by atoms with Crippen molar-refractivity contribution in [2.75, 3.05) is 7.11 Å². The summed E-state index contributed by atoms with van der Waals surface area (Å²) in [6.45, 7) is 0.207. The molecule has 0 N–H and O–H groups in total. The number of carbonyl (C=O) groups is 1. The number of hydrogen-bond donors (Lipinski definition) is 0.